The molecule has 18 heavy (non-hydrogen) atoms. The fourth-order valence-electron chi connectivity index (χ4n) is 3.73. The molecule has 1 aliphatic heterocycles. The molecule has 0 amide bonds. The summed E-state index contributed by atoms with van der Waals surface area (Å²) in [5, 5.41) is 3.71. The van der Waals surface area contributed by atoms with Gasteiger partial charge in [0.1, 0.15) is 0 Å². The Bertz CT molecular complexity index is 273. The smallest absolute Gasteiger partial charge is 0.00957 e. The van der Waals surface area contributed by atoms with Gasteiger partial charge in [-0.05, 0) is 69.4 Å². The molecule has 1 atom stereocenters. The van der Waals surface area contributed by atoms with E-state index in [1.165, 1.54) is 64.6 Å². The van der Waals surface area contributed by atoms with Gasteiger partial charge in [0, 0.05) is 18.6 Å². The van der Waals surface area contributed by atoms with Crippen molar-refractivity contribution in [2.24, 2.45) is 11.3 Å². The second kappa shape index (κ2) is 5.13. The number of nitrogens with zero attached hydrogens (tertiary/aromatic N) is 1. The summed E-state index contributed by atoms with van der Waals surface area (Å²) in [5.74, 6) is 0.931. The van der Waals surface area contributed by atoms with Gasteiger partial charge < -0.3 is 10.2 Å². The zero-order valence-corrected chi connectivity index (χ0v) is 12.3. The molecule has 0 spiro atoms. The van der Waals surface area contributed by atoms with Gasteiger partial charge in [0.25, 0.3) is 0 Å². The Kier molecular flexibility index (Phi) is 3.68. The van der Waals surface area contributed by atoms with Gasteiger partial charge in [-0.15, -0.1) is 0 Å². The van der Waals surface area contributed by atoms with E-state index in [-0.39, 0.29) is 0 Å². The molecule has 1 N–H and O–H groups in total. The average molecular weight is 250 g/mol. The first-order valence-corrected chi connectivity index (χ1v) is 8.10. The summed E-state index contributed by atoms with van der Waals surface area (Å²) in [6, 6.07) is 1.79. The number of rotatable bonds is 4. The third kappa shape index (κ3) is 3.27. The highest BCUT2D eigenvalue weighted by Gasteiger charge is 2.34. The molecule has 2 saturated carbocycles. The van der Waals surface area contributed by atoms with E-state index < -0.39 is 0 Å². The van der Waals surface area contributed by atoms with E-state index >= 15 is 0 Å². The molecular formula is C16H30N2. The zero-order valence-electron chi connectivity index (χ0n) is 12.3. The van der Waals surface area contributed by atoms with E-state index in [2.05, 4.69) is 24.1 Å². The summed E-state index contributed by atoms with van der Waals surface area (Å²) < 4.78 is 0. The molecule has 104 valence electrons. The van der Waals surface area contributed by atoms with Crippen molar-refractivity contribution in [1.29, 1.82) is 0 Å². The Morgan fingerprint density at radius 1 is 1.06 bits per heavy atom. The van der Waals surface area contributed by atoms with Crippen LogP contribution in [-0.4, -0.2) is 36.6 Å². The first-order valence-electron chi connectivity index (χ1n) is 8.10. The van der Waals surface area contributed by atoms with Crippen molar-refractivity contribution in [2.75, 3.05) is 19.6 Å². The van der Waals surface area contributed by atoms with Crippen molar-refractivity contribution >= 4 is 0 Å². The third-order valence-electron chi connectivity index (χ3n) is 5.41. The molecule has 3 rings (SSSR count). The standard InChI is InChI=1S/C16H30N2/c1-16(2)8-5-15(6-9-16)18-10-7-13(12-18)11-17-14-3-4-14/h13-15,17H,3-12H2,1-2H3. The molecule has 3 fully saturated rings. The minimum atomic E-state index is 0.614. The minimum Gasteiger partial charge on any atom is -0.314 e. The van der Waals surface area contributed by atoms with Crippen molar-refractivity contribution in [3.63, 3.8) is 0 Å². The summed E-state index contributed by atoms with van der Waals surface area (Å²) in [5.41, 5.74) is 0.614. The Labute approximate surface area is 113 Å². The van der Waals surface area contributed by atoms with Gasteiger partial charge in [0.2, 0.25) is 0 Å². The van der Waals surface area contributed by atoms with E-state index in [1.54, 1.807) is 0 Å². The summed E-state index contributed by atoms with van der Waals surface area (Å²) in [6.45, 7) is 8.89. The molecule has 3 aliphatic rings. The molecule has 2 heteroatoms. The fraction of sp³-hybridized carbons (Fsp3) is 1.00. The Morgan fingerprint density at radius 3 is 2.44 bits per heavy atom. The van der Waals surface area contributed by atoms with Crippen molar-refractivity contribution in [2.45, 2.75) is 70.9 Å². The first-order chi connectivity index (χ1) is 8.62. The number of hydrogen-bond acceptors (Lipinski definition) is 2. The second-order valence-electron chi connectivity index (χ2n) is 7.73. The van der Waals surface area contributed by atoms with Crippen LogP contribution in [0.1, 0.15) is 58.8 Å². The van der Waals surface area contributed by atoms with Crippen molar-refractivity contribution in [1.82, 2.24) is 10.2 Å². The first kappa shape index (κ1) is 12.9. The van der Waals surface area contributed by atoms with Crippen LogP contribution in [-0.2, 0) is 0 Å². The van der Waals surface area contributed by atoms with Gasteiger partial charge in [-0.3, -0.25) is 0 Å². The van der Waals surface area contributed by atoms with Crippen molar-refractivity contribution in [3.8, 4) is 0 Å². The number of likely N-dealkylation sites (tertiary alicyclic amines) is 1. The van der Waals surface area contributed by atoms with E-state index in [0.29, 0.717) is 5.41 Å². The highest BCUT2D eigenvalue weighted by atomic mass is 15.2. The van der Waals surface area contributed by atoms with Crippen molar-refractivity contribution in [3.05, 3.63) is 0 Å². The van der Waals surface area contributed by atoms with Crippen LogP contribution in [0, 0.1) is 11.3 Å². The largest absolute Gasteiger partial charge is 0.314 e. The number of hydrogen-bond donors (Lipinski definition) is 1. The topological polar surface area (TPSA) is 15.3 Å². The summed E-state index contributed by atoms with van der Waals surface area (Å²) >= 11 is 0. The van der Waals surface area contributed by atoms with E-state index in [1.807, 2.05) is 0 Å². The van der Waals surface area contributed by atoms with Crippen LogP contribution in [0.15, 0.2) is 0 Å². The van der Waals surface area contributed by atoms with E-state index in [9.17, 15) is 0 Å². The normalized spacial score (nSPS) is 34.0. The third-order valence-corrected chi connectivity index (χ3v) is 5.41. The van der Waals surface area contributed by atoms with Crippen LogP contribution in [0.2, 0.25) is 0 Å². The molecule has 2 nitrogen and oxygen atoms in total. The number of nitrogens with one attached hydrogen (secondary N) is 1. The molecule has 1 saturated heterocycles. The second-order valence-corrected chi connectivity index (χ2v) is 7.73. The maximum absolute atomic E-state index is 3.71. The van der Waals surface area contributed by atoms with Gasteiger partial charge in [-0.25, -0.2) is 0 Å². The van der Waals surface area contributed by atoms with Crippen LogP contribution < -0.4 is 5.32 Å². The summed E-state index contributed by atoms with van der Waals surface area (Å²) in [7, 11) is 0. The molecule has 0 aromatic carbocycles. The molecule has 2 aliphatic carbocycles. The lowest BCUT2D eigenvalue weighted by Crippen LogP contribution is -2.39. The van der Waals surface area contributed by atoms with Gasteiger partial charge >= 0.3 is 0 Å². The molecule has 0 bridgehead atoms. The van der Waals surface area contributed by atoms with Crippen LogP contribution in [0.3, 0.4) is 0 Å². The lowest BCUT2D eigenvalue weighted by Gasteiger charge is -2.38. The van der Waals surface area contributed by atoms with Crippen LogP contribution in [0.5, 0.6) is 0 Å². The molecule has 0 aromatic rings. The maximum Gasteiger partial charge on any atom is 0.00957 e. The maximum atomic E-state index is 3.71. The lowest BCUT2D eigenvalue weighted by atomic mass is 9.75. The predicted octanol–water partition coefficient (Wildman–Crippen LogP) is 3.03. The molecule has 0 radical (unpaired) electrons. The Balaban J connectivity index is 1.41. The van der Waals surface area contributed by atoms with Crippen LogP contribution in [0.25, 0.3) is 0 Å². The molecule has 0 aromatic heterocycles. The predicted molar refractivity (Wildman–Crippen MR) is 76.7 cm³/mol. The van der Waals surface area contributed by atoms with Gasteiger partial charge in [-0.1, -0.05) is 13.8 Å². The molecule has 1 heterocycles. The van der Waals surface area contributed by atoms with Gasteiger partial charge in [-0.2, -0.15) is 0 Å². The van der Waals surface area contributed by atoms with E-state index in [0.717, 1.165) is 18.0 Å². The SMILES string of the molecule is CC1(C)CCC(N2CCC(CNC3CC3)C2)CC1. The van der Waals surface area contributed by atoms with Gasteiger partial charge in [0.15, 0.2) is 0 Å². The van der Waals surface area contributed by atoms with E-state index in [4.69, 9.17) is 0 Å². The molecular weight excluding hydrogens is 220 g/mol. The quantitative estimate of drug-likeness (QED) is 0.825. The van der Waals surface area contributed by atoms with Crippen LogP contribution in [0.4, 0.5) is 0 Å². The Morgan fingerprint density at radius 2 is 1.78 bits per heavy atom. The van der Waals surface area contributed by atoms with Gasteiger partial charge in [0.05, 0.1) is 0 Å². The molecule has 1 unspecified atom stereocenters. The van der Waals surface area contributed by atoms with Crippen molar-refractivity contribution < 1.29 is 0 Å². The summed E-state index contributed by atoms with van der Waals surface area (Å²) in [4.78, 5) is 2.80. The Hall–Kier alpha value is -0.0800. The lowest BCUT2D eigenvalue weighted by molar-refractivity contribution is 0.123. The average Bonchev–Trinajstić information content (AvgIpc) is 3.05. The zero-order chi connectivity index (χ0) is 12.6. The monoisotopic (exact) mass is 250 g/mol. The van der Waals surface area contributed by atoms with Crippen LogP contribution >= 0.6 is 0 Å². The summed E-state index contributed by atoms with van der Waals surface area (Å²) in [6.07, 6.45) is 10.0. The minimum absolute atomic E-state index is 0.614. The fourth-order valence-corrected chi connectivity index (χ4v) is 3.73. The highest BCUT2D eigenvalue weighted by Crippen LogP contribution is 2.38. The highest BCUT2D eigenvalue weighted by molar-refractivity contribution is 4.89.